The van der Waals surface area contributed by atoms with Gasteiger partial charge in [0.15, 0.2) is 0 Å². The van der Waals surface area contributed by atoms with Gasteiger partial charge in [-0.15, -0.1) is 0 Å². The lowest BCUT2D eigenvalue weighted by molar-refractivity contribution is 0.199. The summed E-state index contributed by atoms with van der Waals surface area (Å²) >= 11 is 1.95. The lowest BCUT2D eigenvalue weighted by Crippen LogP contribution is -2.27. The zero-order valence-corrected chi connectivity index (χ0v) is 12.6. The second-order valence-electron chi connectivity index (χ2n) is 5.73. The van der Waals surface area contributed by atoms with Crippen molar-refractivity contribution in [2.24, 2.45) is 0 Å². The highest BCUT2D eigenvalue weighted by Crippen LogP contribution is 2.33. The Balaban J connectivity index is 2.18. The van der Waals surface area contributed by atoms with Crippen molar-refractivity contribution in [2.75, 3.05) is 23.7 Å². The summed E-state index contributed by atoms with van der Waals surface area (Å²) in [6.45, 7) is 7.89. The zero-order valence-electron chi connectivity index (χ0n) is 11.8. The summed E-state index contributed by atoms with van der Waals surface area (Å²) in [5.41, 5.74) is 1.29. The van der Waals surface area contributed by atoms with Crippen molar-refractivity contribution in [1.29, 1.82) is 0 Å². The summed E-state index contributed by atoms with van der Waals surface area (Å²) in [5.74, 6) is 0.785. The maximum absolute atomic E-state index is 14.2. The van der Waals surface area contributed by atoms with Gasteiger partial charge in [0.2, 0.25) is 0 Å². The van der Waals surface area contributed by atoms with Crippen molar-refractivity contribution in [3.8, 4) is 0 Å². The summed E-state index contributed by atoms with van der Waals surface area (Å²) in [4.78, 5) is 2.11. The van der Waals surface area contributed by atoms with E-state index in [1.807, 2.05) is 17.8 Å². The average Bonchev–Trinajstić information content (AvgIpc) is 2.50. The average molecular weight is 283 g/mol. The van der Waals surface area contributed by atoms with Crippen LogP contribution in [0.5, 0.6) is 0 Å². The minimum atomic E-state index is -0.623. The first-order valence-electron chi connectivity index (χ1n) is 6.75. The molecule has 1 aromatic rings. The molecule has 0 radical (unpaired) electrons. The summed E-state index contributed by atoms with van der Waals surface area (Å²) in [5, 5.41) is 9.48. The van der Waals surface area contributed by atoms with Gasteiger partial charge in [0.05, 0.1) is 11.8 Å². The SMILES string of the molecule is C[C@H](O)c1ccc(N2CCSC(C)(C)CC2)c(F)c1. The molecule has 0 unspecified atom stereocenters. The van der Waals surface area contributed by atoms with Crippen LogP contribution in [-0.4, -0.2) is 28.7 Å². The number of hydrogen-bond acceptors (Lipinski definition) is 3. The zero-order chi connectivity index (χ0) is 14.0. The Morgan fingerprint density at radius 2 is 2.11 bits per heavy atom. The van der Waals surface area contributed by atoms with Crippen LogP contribution < -0.4 is 4.90 Å². The van der Waals surface area contributed by atoms with E-state index < -0.39 is 6.10 Å². The number of halogens is 1. The van der Waals surface area contributed by atoms with Crippen LogP contribution in [0.3, 0.4) is 0 Å². The van der Waals surface area contributed by atoms with Gasteiger partial charge in [-0.05, 0) is 31.0 Å². The van der Waals surface area contributed by atoms with E-state index in [0.717, 1.165) is 25.3 Å². The van der Waals surface area contributed by atoms with E-state index in [1.54, 1.807) is 13.0 Å². The van der Waals surface area contributed by atoms with Crippen molar-refractivity contribution < 1.29 is 9.50 Å². The highest BCUT2D eigenvalue weighted by atomic mass is 32.2. The van der Waals surface area contributed by atoms with Gasteiger partial charge in [0.25, 0.3) is 0 Å². The molecule has 1 saturated heterocycles. The van der Waals surface area contributed by atoms with Crippen molar-refractivity contribution in [3.63, 3.8) is 0 Å². The molecule has 2 rings (SSSR count). The molecule has 2 nitrogen and oxygen atoms in total. The van der Waals surface area contributed by atoms with E-state index in [-0.39, 0.29) is 10.6 Å². The number of nitrogens with zero attached hydrogens (tertiary/aromatic N) is 1. The maximum Gasteiger partial charge on any atom is 0.146 e. The standard InChI is InChI=1S/C15H22FNOS/c1-11(18)12-4-5-14(13(16)10-12)17-7-6-15(2,3)19-9-8-17/h4-5,10-11,18H,6-9H2,1-3H3/t11-/m0/s1. The van der Waals surface area contributed by atoms with Crippen LogP contribution in [0.2, 0.25) is 0 Å². The summed E-state index contributed by atoms with van der Waals surface area (Å²) in [6, 6.07) is 5.05. The largest absolute Gasteiger partial charge is 0.389 e. The highest BCUT2D eigenvalue weighted by Gasteiger charge is 2.24. The Kier molecular flexibility index (Phi) is 4.41. The molecule has 1 fully saturated rings. The fraction of sp³-hybridized carbons (Fsp3) is 0.600. The molecule has 0 bridgehead atoms. The van der Waals surface area contributed by atoms with Crippen LogP contribution >= 0.6 is 11.8 Å². The maximum atomic E-state index is 14.2. The molecule has 106 valence electrons. The Morgan fingerprint density at radius 1 is 1.37 bits per heavy atom. The van der Waals surface area contributed by atoms with Gasteiger partial charge < -0.3 is 10.0 Å². The molecular formula is C15H22FNOS. The number of thioether (sulfide) groups is 1. The van der Waals surface area contributed by atoms with Crippen LogP contribution in [0.15, 0.2) is 18.2 Å². The van der Waals surface area contributed by atoms with Crippen LogP contribution in [0.25, 0.3) is 0 Å². The van der Waals surface area contributed by atoms with Gasteiger partial charge in [-0.1, -0.05) is 19.9 Å². The normalized spacial score (nSPS) is 21.0. The van der Waals surface area contributed by atoms with Crippen LogP contribution in [-0.2, 0) is 0 Å². The van der Waals surface area contributed by atoms with Gasteiger partial charge in [0, 0.05) is 23.6 Å². The number of aliphatic hydroxyl groups is 1. The molecule has 0 aromatic heterocycles. The fourth-order valence-electron chi connectivity index (χ4n) is 2.30. The Bertz CT molecular complexity index is 448. The van der Waals surface area contributed by atoms with E-state index in [1.165, 1.54) is 6.07 Å². The molecule has 19 heavy (non-hydrogen) atoms. The minimum absolute atomic E-state index is 0.233. The molecule has 1 aliphatic rings. The number of anilines is 1. The predicted octanol–water partition coefficient (Wildman–Crippen LogP) is 3.60. The Morgan fingerprint density at radius 3 is 2.74 bits per heavy atom. The van der Waals surface area contributed by atoms with Crippen molar-refractivity contribution in [2.45, 2.75) is 38.0 Å². The first kappa shape index (κ1) is 14.7. The molecule has 1 atom stereocenters. The molecule has 0 spiro atoms. The van der Waals surface area contributed by atoms with Crippen LogP contribution in [0.4, 0.5) is 10.1 Å². The van der Waals surface area contributed by atoms with Gasteiger partial charge >= 0.3 is 0 Å². The quantitative estimate of drug-likeness (QED) is 0.897. The second kappa shape index (κ2) is 5.71. The third-order valence-electron chi connectivity index (χ3n) is 3.63. The fourth-order valence-corrected chi connectivity index (χ4v) is 3.40. The molecule has 1 N–H and O–H groups in total. The third-order valence-corrected chi connectivity index (χ3v) is 5.00. The van der Waals surface area contributed by atoms with E-state index in [0.29, 0.717) is 11.3 Å². The van der Waals surface area contributed by atoms with Gasteiger partial charge in [-0.2, -0.15) is 11.8 Å². The number of aliphatic hydroxyl groups excluding tert-OH is 1. The molecule has 1 heterocycles. The lowest BCUT2D eigenvalue weighted by atomic mass is 10.1. The third kappa shape index (κ3) is 3.63. The van der Waals surface area contributed by atoms with Gasteiger partial charge in [-0.25, -0.2) is 4.39 Å². The van der Waals surface area contributed by atoms with Crippen molar-refractivity contribution in [1.82, 2.24) is 0 Å². The van der Waals surface area contributed by atoms with Gasteiger partial charge in [0.1, 0.15) is 5.82 Å². The topological polar surface area (TPSA) is 23.5 Å². The van der Waals surface area contributed by atoms with Gasteiger partial charge in [-0.3, -0.25) is 0 Å². The second-order valence-corrected chi connectivity index (χ2v) is 7.53. The summed E-state index contributed by atoms with van der Waals surface area (Å²) < 4.78 is 14.4. The highest BCUT2D eigenvalue weighted by molar-refractivity contribution is 8.00. The first-order valence-corrected chi connectivity index (χ1v) is 7.74. The molecular weight excluding hydrogens is 261 g/mol. The summed E-state index contributed by atoms with van der Waals surface area (Å²) in [6.07, 6.45) is 0.428. The smallest absolute Gasteiger partial charge is 0.146 e. The first-order chi connectivity index (χ1) is 8.89. The van der Waals surface area contributed by atoms with Crippen LogP contribution in [0.1, 0.15) is 38.9 Å². The molecule has 0 saturated carbocycles. The Hall–Kier alpha value is -0.740. The minimum Gasteiger partial charge on any atom is -0.389 e. The van der Waals surface area contributed by atoms with E-state index in [4.69, 9.17) is 0 Å². The van der Waals surface area contributed by atoms with E-state index in [2.05, 4.69) is 18.7 Å². The molecule has 1 aromatic carbocycles. The number of rotatable bonds is 2. The molecule has 0 amide bonds. The summed E-state index contributed by atoms with van der Waals surface area (Å²) in [7, 11) is 0. The van der Waals surface area contributed by atoms with E-state index in [9.17, 15) is 9.50 Å². The molecule has 0 aliphatic carbocycles. The number of benzene rings is 1. The molecule has 1 aliphatic heterocycles. The Labute approximate surface area is 119 Å². The lowest BCUT2D eigenvalue weighted by Gasteiger charge is -2.25. The number of hydrogen-bond donors (Lipinski definition) is 1. The predicted molar refractivity (Wildman–Crippen MR) is 80.4 cm³/mol. The van der Waals surface area contributed by atoms with Crippen molar-refractivity contribution in [3.05, 3.63) is 29.6 Å². The van der Waals surface area contributed by atoms with E-state index >= 15 is 0 Å². The van der Waals surface area contributed by atoms with Crippen LogP contribution in [0, 0.1) is 5.82 Å². The van der Waals surface area contributed by atoms with Crippen molar-refractivity contribution >= 4 is 17.4 Å². The molecule has 4 heteroatoms. The monoisotopic (exact) mass is 283 g/mol.